The third kappa shape index (κ3) is 2.18. The van der Waals surface area contributed by atoms with Crippen molar-refractivity contribution >= 4 is 16.9 Å². The summed E-state index contributed by atoms with van der Waals surface area (Å²) < 4.78 is 2.04. The first-order valence-electron chi connectivity index (χ1n) is 6.93. The molecular weight excluding hydrogens is 238 g/mol. The Labute approximate surface area is 113 Å². The molecule has 0 radical (unpaired) electrons. The number of nitrogens with zero attached hydrogens (tertiary/aromatic N) is 4. The lowest BCUT2D eigenvalue weighted by molar-refractivity contribution is 0.363. The van der Waals surface area contributed by atoms with E-state index in [1.54, 1.807) is 0 Å². The minimum Gasteiger partial charge on any atom is -0.354 e. The van der Waals surface area contributed by atoms with Crippen molar-refractivity contribution in [2.24, 2.45) is 18.7 Å². The van der Waals surface area contributed by atoms with E-state index in [-0.39, 0.29) is 6.04 Å². The summed E-state index contributed by atoms with van der Waals surface area (Å²) in [7, 11) is 2.01. The Bertz CT molecular complexity index is 574. The van der Waals surface area contributed by atoms with E-state index < -0.39 is 0 Å². The van der Waals surface area contributed by atoms with E-state index in [9.17, 15) is 0 Å². The Morgan fingerprint density at radius 2 is 2.26 bits per heavy atom. The second kappa shape index (κ2) is 4.81. The van der Waals surface area contributed by atoms with Crippen LogP contribution in [0.5, 0.6) is 0 Å². The summed E-state index contributed by atoms with van der Waals surface area (Å²) in [5.74, 6) is 1.55. The Hall–Kier alpha value is -1.62. The smallest absolute Gasteiger partial charge is 0.156 e. The van der Waals surface area contributed by atoms with E-state index in [0.717, 1.165) is 29.9 Å². The summed E-state index contributed by atoms with van der Waals surface area (Å²) >= 11 is 0. The average molecular weight is 259 g/mol. The lowest BCUT2D eigenvalue weighted by atomic mass is 9.92. The first-order chi connectivity index (χ1) is 9.16. The Balaban J connectivity index is 1.95. The predicted molar refractivity (Wildman–Crippen MR) is 77.1 cm³/mol. The molecule has 0 aromatic carbocycles. The van der Waals surface area contributed by atoms with Crippen molar-refractivity contribution < 1.29 is 0 Å². The normalized spacial score (nSPS) is 21.8. The monoisotopic (exact) mass is 259 g/mol. The van der Waals surface area contributed by atoms with Crippen molar-refractivity contribution in [2.45, 2.75) is 25.8 Å². The highest BCUT2D eigenvalue weighted by molar-refractivity contribution is 5.86. The standard InChI is InChI=1S/C14H21N5/c1-10(15)11-4-3-7-19(8-11)14-13-12(5-6-16-14)18(2)9-17-13/h5-6,9-11H,3-4,7-8,15H2,1-2H3. The number of fused-ring (bicyclic) bond motifs is 1. The van der Waals surface area contributed by atoms with Gasteiger partial charge < -0.3 is 15.2 Å². The highest BCUT2D eigenvalue weighted by atomic mass is 15.2. The number of pyridine rings is 1. The summed E-state index contributed by atoms with van der Waals surface area (Å²) in [6, 6.07) is 2.25. The maximum Gasteiger partial charge on any atom is 0.156 e. The summed E-state index contributed by atoms with van der Waals surface area (Å²) in [6.45, 7) is 4.13. The van der Waals surface area contributed by atoms with Gasteiger partial charge in [0, 0.05) is 32.4 Å². The summed E-state index contributed by atoms with van der Waals surface area (Å²) in [6.07, 6.45) is 6.11. The number of piperidine rings is 1. The fraction of sp³-hybridized carbons (Fsp3) is 0.571. The van der Waals surface area contributed by atoms with Crippen LogP contribution < -0.4 is 10.6 Å². The maximum absolute atomic E-state index is 6.06. The summed E-state index contributed by atoms with van der Waals surface area (Å²) in [4.78, 5) is 11.4. The van der Waals surface area contributed by atoms with Crippen LogP contribution in [-0.4, -0.2) is 33.7 Å². The molecule has 3 rings (SSSR count). The molecule has 0 saturated carbocycles. The predicted octanol–water partition coefficient (Wildman–Crippen LogP) is 1.53. The molecule has 2 unspecified atom stereocenters. The number of imidazole rings is 1. The first kappa shape index (κ1) is 12.4. The average Bonchev–Trinajstić information content (AvgIpc) is 2.81. The Morgan fingerprint density at radius 1 is 1.42 bits per heavy atom. The minimum absolute atomic E-state index is 0.241. The molecule has 0 amide bonds. The molecule has 0 aliphatic carbocycles. The third-order valence-electron chi connectivity index (χ3n) is 4.12. The van der Waals surface area contributed by atoms with Gasteiger partial charge in [-0.2, -0.15) is 0 Å². The molecule has 2 aromatic heterocycles. The topological polar surface area (TPSA) is 60.0 Å². The molecule has 0 bridgehead atoms. The highest BCUT2D eigenvalue weighted by Gasteiger charge is 2.25. The van der Waals surface area contributed by atoms with Crippen LogP contribution in [0.1, 0.15) is 19.8 Å². The van der Waals surface area contributed by atoms with Crippen molar-refractivity contribution in [1.29, 1.82) is 0 Å². The number of rotatable bonds is 2. The van der Waals surface area contributed by atoms with E-state index in [1.165, 1.54) is 12.8 Å². The highest BCUT2D eigenvalue weighted by Crippen LogP contribution is 2.27. The van der Waals surface area contributed by atoms with Crippen molar-refractivity contribution in [3.05, 3.63) is 18.6 Å². The van der Waals surface area contributed by atoms with E-state index in [0.29, 0.717) is 5.92 Å². The molecule has 5 heteroatoms. The molecule has 2 N–H and O–H groups in total. The van der Waals surface area contributed by atoms with Crippen LogP contribution in [0.2, 0.25) is 0 Å². The molecule has 1 aliphatic rings. The fourth-order valence-corrected chi connectivity index (χ4v) is 2.91. The van der Waals surface area contributed by atoms with Gasteiger partial charge in [0.05, 0.1) is 11.8 Å². The number of aryl methyl sites for hydroxylation is 1. The van der Waals surface area contributed by atoms with Crippen LogP contribution in [0, 0.1) is 5.92 Å². The quantitative estimate of drug-likeness (QED) is 0.888. The van der Waals surface area contributed by atoms with Crippen molar-refractivity contribution in [2.75, 3.05) is 18.0 Å². The molecular formula is C14H21N5. The van der Waals surface area contributed by atoms with Gasteiger partial charge in [0.15, 0.2) is 5.82 Å². The van der Waals surface area contributed by atoms with E-state index >= 15 is 0 Å². The number of aromatic nitrogens is 3. The largest absolute Gasteiger partial charge is 0.354 e. The van der Waals surface area contributed by atoms with Crippen LogP contribution in [0.4, 0.5) is 5.82 Å². The first-order valence-corrected chi connectivity index (χ1v) is 6.93. The Kier molecular flexibility index (Phi) is 3.14. The number of hydrogen-bond donors (Lipinski definition) is 1. The van der Waals surface area contributed by atoms with Gasteiger partial charge in [-0.3, -0.25) is 0 Å². The van der Waals surface area contributed by atoms with Crippen LogP contribution in [0.25, 0.3) is 11.0 Å². The van der Waals surface area contributed by atoms with Gasteiger partial charge in [0.2, 0.25) is 0 Å². The molecule has 1 fully saturated rings. The fourth-order valence-electron chi connectivity index (χ4n) is 2.91. The van der Waals surface area contributed by atoms with Gasteiger partial charge in [0.25, 0.3) is 0 Å². The molecule has 1 aliphatic heterocycles. The van der Waals surface area contributed by atoms with Gasteiger partial charge in [-0.1, -0.05) is 0 Å². The van der Waals surface area contributed by atoms with Gasteiger partial charge in [-0.15, -0.1) is 0 Å². The molecule has 102 valence electrons. The third-order valence-corrected chi connectivity index (χ3v) is 4.12. The summed E-state index contributed by atoms with van der Waals surface area (Å²) in [5.41, 5.74) is 8.19. The molecule has 2 aromatic rings. The van der Waals surface area contributed by atoms with E-state index in [4.69, 9.17) is 5.73 Å². The lowest BCUT2D eigenvalue weighted by Crippen LogP contribution is -2.42. The van der Waals surface area contributed by atoms with Gasteiger partial charge in [0.1, 0.15) is 5.52 Å². The van der Waals surface area contributed by atoms with Crippen LogP contribution in [0.3, 0.4) is 0 Å². The SMILES string of the molecule is CC(N)C1CCCN(c2nccc3c2ncn3C)C1. The van der Waals surface area contributed by atoms with Crippen LogP contribution in [0.15, 0.2) is 18.6 Å². The summed E-state index contributed by atoms with van der Waals surface area (Å²) in [5, 5.41) is 0. The van der Waals surface area contributed by atoms with E-state index in [1.807, 2.05) is 30.2 Å². The zero-order valence-corrected chi connectivity index (χ0v) is 11.6. The zero-order valence-electron chi connectivity index (χ0n) is 11.6. The van der Waals surface area contributed by atoms with Crippen molar-refractivity contribution in [3.8, 4) is 0 Å². The molecule has 5 nitrogen and oxygen atoms in total. The van der Waals surface area contributed by atoms with Gasteiger partial charge in [-0.25, -0.2) is 9.97 Å². The molecule has 19 heavy (non-hydrogen) atoms. The number of hydrogen-bond acceptors (Lipinski definition) is 4. The van der Waals surface area contributed by atoms with Crippen molar-refractivity contribution in [3.63, 3.8) is 0 Å². The van der Waals surface area contributed by atoms with Gasteiger partial charge in [-0.05, 0) is 31.7 Å². The van der Waals surface area contributed by atoms with Gasteiger partial charge >= 0.3 is 0 Å². The zero-order chi connectivity index (χ0) is 13.4. The lowest BCUT2D eigenvalue weighted by Gasteiger charge is -2.35. The minimum atomic E-state index is 0.241. The Morgan fingerprint density at radius 3 is 3.05 bits per heavy atom. The van der Waals surface area contributed by atoms with Crippen LogP contribution >= 0.6 is 0 Å². The molecule has 2 atom stereocenters. The number of anilines is 1. The molecule has 0 spiro atoms. The number of nitrogens with two attached hydrogens (primary N) is 1. The second-order valence-electron chi connectivity index (χ2n) is 5.57. The molecule has 3 heterocycles. The van der Waals surface area contributed by atoms with E-state index in [2.05, 4.69) is 21.8 Å². The second-order valence-corrected chi connectivity index (χ2v) is 5.57. The maximum atomic E-state index is 6.06. The molecule has 1 saturated heterocycles. The van der Waals surface area contributed by atoms with Crippen molar-refractivity contribution in [1.82, 2.24) is 14.5 Å². The van der Waals surface area contributed by atoms with Crippen LogP contribution in [-0.2, 0) is 7.05 Å².